The Morgan fingerprint density at radius 2 is 1.94 bits per heavy atom. The first-order chi connectivity index (χ1) is 8.34. The van der Waals surface area contributed by atoms with Gasteiger partial charge in [0.05, 0.1) is 10.9 Å². The summed E-state index contributed by atoms with van der Waals surface area (Å²) < 4.78 is 26.0. The number of nitrogens with one attached hydrogen (secondary N) is 1. The molecule has 0 spiro atoms. The number of hydrogen-bond donors (Lipinski definition) is 1. The van der Waals surface area contributed by atoms with Gasteiger partial charge in [-0.05, 0) is 19.8 Å². The van der Waals surface area contributed by atoms with Gasteiger partial charge < -0.3 is 0 Å². The van der Waals surface area contributed by atoms with Crippen molar-refractivity contribution in [3.63, 3.8) is 0 Å². The van der Waals surface area contributed by atoms with Gasteiger partial charge in [-0.15, -0.1) is 0 Å². The molecule has 0 unspecified atom stereocenters. The van der Waals surface area contributed by atoms with E-state index in [0.29, 0.717) is 19.0 Å². The maximum Gasteiger partial charge on any atom is 0.216 e. The molecule has 1 aliphatic heterocycles. The molecule has 1 aliphatic rings. The fraction of sp³-hybridized carbons (Fsp3) is 0.750. The Balaban J connectivity index is 2.32. The molecule has 6 heteroatoms. The van der Waals surface area contributed by atoms with Crippen molar-refractivity contribution in [2.75, 3.05) is 6.54 Å². The summed E-state index contributed by atoms with van der Waals surface area (Å²) in [5.74, 6) is 0.312. The summed E-state index contributed by atoms with van der Waals surface area (Å²) >= 11 is 0. The summed E-state index contributed by atoms with van der Waals surface area (Å²) in [6.45, 7) is 8.61. The maximum atomic E-state index is 12.2. The van der Waals surface area contributed by atoms with Gasteiger partial charge in [0.25, 0.3) is 0 Å². The third-order valence-electron chi connectivity index (χ3n) is 3.43. The van der Waals surface area contributed by atoms with Gasteiger partial charge >= 0.3 is 0 Å². The number of sulfonamides is 1. The van der Waals surface area contributed by atoms with E-state index in [1.54, 1.807) is 18.2 Å². The van der Waals surface area contributed by atoms with Gasteiger partial charge in [0, 0.05) is 30.8 Å². The van der Waals surface area contributed by atoms with Gasteiger partial charge in [0.15, 0.2) is 0 Å². The number of nitrogens with zero attached hydrogens (tertiary/aromatic N) is 2. The number of rotatable bonds is 3. The molecule has 2 rings (SSSR count). The van der Waals surface area contributed by atoms with Crippen molar-refractivity contribution in [2.24, 2.45) is 0 Å². The zero-order valence-corrected chi connectivity index (χ0v) is 12.2. The Labute approximate surface area is 109 Å². The highest BCUT2D eigenvalue weighted by Crippen LogP contribution is 2.27. The van der Waals surface area contributed by atoms with Gasteiger partial charge in [0.2, 0.25) is 10.0 Å². The largest absolute Gasteiger partial charge is 0.282 e. The standard InChI is InChI=1S/C12H21N3O2S/c1-8(2)12-10-7-15(18(16,17)9(3)4)6-5-11(10)13-14-12/h8-9H,5-7H2,1-4H3,(H,13,14). The number of fused-ring (bicyclic) bond motifs is 1. The Kier molecular flexibility index (Phi) is 3.51. The summed E-state index contributed by atoms with van der Waals surface area (Å²) in [5.41, 5.74) is 3.16. The smallest absolute Gasteiger partial charge is 0.216 e. The molecule has 1 aromatic rings. The molecule has 0 aliphatic carbocycles. The van der Waals surface area contributed by atoms with E-state index in [4.69, 9.17) is 0 Å². The zero-order valence-electron chi connectivity index (χ0n) is 11.4. The Morgan fingerprint density at radius 3 is 2.50 bits per heavy atom. The molecule has 0 aromatic carbocycles. The molecule has 0 radical (unpaired) electrons. The quantitative estimate of drug-likeness (QED) is 0.908. The van der Waals surface area contributed by atoms with E-state index in [1.165, 1.54) is 0 Å². The molecule has 1 aromatic heterocycles. The van der Waals surface area contributed by atoms with Crippen LogP contribution in [0, 0.1) is 0 Å². The highest BCUT2D eigenvalue weighted by atomic mass is 32.2. The predicted octanol–water partition coefficient (Wildman–Crippen LogP) is 1.63. The van der Waals surface area contributed by atoms with Crippen molar-refractivity contribution in [2.45, 2.75) is 51.8 Å². The second-order valence-electron chi connectivity index (χ2n) is 5.40. The van der Waals surface area contributed by atoms with E-state index in [9.17, 15) is 8.42 Å². The van der Waals surface area contributed by atoms with Crippen molar-refractivity contribution in [3.8, 4) is 0 Å². The molecule has 0 atom stereocenters. The molecule has 1 N–H and O–H groups in total. The van der Waals surface area contributed by atoms with Crippen LogP contribution in [-0.4, -0.2) is 34.7 Å². The van der Waals surface area contributed by atoms with Gasteiger partial charge in [-0.2, -0.15) is 9.40 Å². The lowest BCUT2D eigenvalue weighted by Crippen LogP contribution is -2.40. The van der Waals surface area contributed by atoms with E-state index in [0.717, 1.165) is 23.4 Å². The summed E-state index contributed by atoms with van der Waals surface area (Å²) in [6.07, 6.45) is 0.723. The van der Waals surface area contributed by atoms with E-state index in [-0.39, 0.29) is 5.25 Å². The molecule has 18 heavy (non-hydrogen) atoms. The minimum Gasteiger partial charge on any atom is -0.282 e. The van der Waals surface area contributed by atoms with Crippen LogP contribution in [0.2, 0.25) is 0 Å². The fourth-order valence-electron chi connectivity index (χ4n) is 2.29. The lowest BCUT2D eigenvalue weighted by Gasteiger charge is -2.28. The molecule has 2 heterocycles. The van der Waals surface area contributed by atoms with E-state index >= 15 is 0 Å². The highest BCUT2D eigenvalue weighted by Gasteiger charge is 2.31. The van der Waals surface area contributed by atoms with Gasteiger partial charge in [0.1, 0.15) is 0 Å². The Morgan fingerprint density at radius 1 is 1.28 bits per heavy atom. The van der Waals surface area contributed by atoms with Gasteiger partial charge in [-0.1, -0.05) is 13.8 Å². The van der Waals surface area contributed by atoms with Crippen LogP contribution in [0.1, 0.15) is 50.6 Å². The number of aromatic nitrogens is 2. The zero-order chi connectivity index (χ0) is 13.5. The molecular formula is C12H21N3O2S. The lowest BCUT2D eigenvalue weighted by atomic mass is 10.0. The van der Waals surface area contributed by atoms with Crippen LogP contribution in [0.5, 0.6) is 0 Å². The predicted molar refractivity (Wildman–Crippen MR) is 70.8 cm³/mol. The van der Waals surface area contributed by atoms with E-state index in [2.05, 4.69) is 24.0 Å². The van der Waals surface area contributed by atoms with Crippen LogP contribution in [0.4, 0.5) is 0 Å². The minimum absolute atomic E-state index is 0.312. The normalized spacial score (nSPS) is 17.4. The molecule has 5 nitrogen and oxygen atoms in total. The molecule has 0 saturated carbocycles. The lowest BCUT2D eigenvalue weighted by molar-refractivity contribution is 0.384. The molecule has 0 bridgehead atoms. The van der Waals surface area contributed by atoms with Crippen molar-refractivity contribution >= 4 is 10.0 Å². The summed E-state index contributed by atoms with van der Waals surface area (Å²) in [5, 5.41) is 6.98. The van der Waals surface area contributed by atoms with Crippen LogP contribution in [0.3, 0.4) is 0 Å². The minimum atomic E-state index is -3.17. The summed E-state index contributed by atoms with van der Waals surface area (Å²) in [7, 11) is -3.17. The second-order valence-corrected chi connectivity index (χ2v) is 7.89. The van der Waals surface area contributed by atoms with Crippen molar-refractivity contribution < 1.29 is 8.42 Å². The van der Waals surface area contributed by atoms with Crippen LogP contribution in [0.15, 0.2) is 0 Å². The maximum absolute atomic E-state index is 12.2. The Bertz CT molecular complexity index is 532. The van der Waals surface area contributed by atoms with Gasteiger partial charge in [-0.25, -0.2) is 8.42 Å². The highest BCUT2D eigenvalue weighted by molar-refractivity contribution is 7.89. The molecular weight excluding hydrogens is 250 g/mol. The molecule has 102 valence electrons. The first-order valence-corrected chi connectivity index (χ1v) is 7.89. The van der Waals surface area contributed by atoms with Crippen LogP contribution in [-0.2, 0) is 23.0 Å². The van der Waals surface area contributed by atoms with Crippen molar-refractivity contribution in [1.82, 2.24) is 14.5 Å². The molecule has 0 fully saturated rings. The van der Waals surface area contributed by atoms with Gasteiger partial charge in [-0.3, -0.25) is 5.10 Å². The average molecular weight is 271 g/mol. The fourth-order valence-corrected chi connectivity index (χ4v) is 3.54. The summed E-state index contributed by atoms with van der Waals surface area (Å²) in [4.78, 5) is 0. The van der Waals surface area contributed by atoms with Crippen LogP contribution < -0.4 is 0 Å². The van der Waals surface area contributed by atoms with Crippen molar-refractivity contribution in [3.05, 3.63) is 17.0 Å². The third kappa shape index (κ3) is 2.19. The van der Waals surface area contributed by atoms with E-state index < -0.39 is 10.0 Å². The number of hydrogen-bond acceptors (Lipinski definition) is 3. The SMILES string of the molecule is CC(C)c1n[nH]c2c1CN(S(=O)(=O)C(C)C)CC2. The van der Waals surface area contributed by atoms with Crippen LogP contribution >= 0.6 is 0 Å². The number of aromatic amines is 1. The first-order valence-electron chi connectivity index (χ1n) is 6.39. The third-order valence-corrected chi connectivity index (χ3v) is 5.66. The topological polar surface area (TPSA) is 66.1 Å². The van der Waals surface area contributed by atoms with Crippen molar-refractivity contribution in [1.29, 1.82) is 0 Å². The molecule has 0 amide bonds. The average Bonchev–Trinajstić information content (AvgIpc) is 2.71. The van der Waals surface area contributed by atoms with E-state index in [1.807, 2.05) is 0 Å². The van der Waals surface area contributed by atoms with Crippen LogP contribution in [0.25, 0.3) is 0 Å². The molecule has 0 saturated heterocycles. The second kappa shape index (κ2) is 4.66. The number of H-pyrrole nitrogens is 1. The Hall–Kier alpha value is -0.880. The first kappa shape index (κ1) is 13.5. The monoisotopic (exact) mass is 271 g/mol. The summed E-state index contributed by atoms with van der Waals surface area (Å²) in [6, 6.07) is 0.